The molecule has 0 radical (unpaired) electrons. The molecule has 3 atom stereocenters. The Bertz CT molecular complexity index is 949. The highest BCUT2D eigenvalue weighted by Gasteiger charge is 2.44. The summed E-state index contributed by atoms with van der Waals surface area (Å²) in [5.74, 6) is -0.498. The van der Waals surface area contributed by atoms with Crippen LogP contribution in [0.4, 0.5) is 4.39 Å². The number of nitrogens with one attached hydrogen (secondary N) is 2. The summed E-state index contributed by atoms with van der Waals surface area (Å²) < 4.78 is 41.1. The zero-order chi connectivity index (χ0) is 22.9. The number of halogens is 1. The fraction of sp³-hybridized carbons (Fsp3) is 0.619. The molecule has 11 heteroatoms. The minimum Gasteiger partial charge on any atom is -0.353 e. The first-order chi connectivity index (χ1) is 15.2. The average Bonchev–Trinajstić information content (AvgIpc) is 3.18. The molecule has 3 unspecified atom stereocenters. The largest absolute Gasteiger partial charge is 0.353 e. The van der Waals surface area contributed by atoms with Crippen LogP contribution in [-0.2, 0) is 19.6 Å². The molecular formula is C21H30FN5O4S. The van der Waals surface area contributed by atoms with E-state index in [4.69, 9.17) is 0 Å². The number of fused-ring (bicyclic) bond motifs is 1. The first kappa shape index (κ1) is 23.1. The topological polar surface area (TPSA) is 102 Å². The zero-order valence-electron chi connectivity index (χ0n) is 18.2. The molecule has 1 aromatic rings. The summed E-state index contributed by atoms with van der Waals surface area (Å²) in [4.78, 5) is 31.1. The van der Waals surface area contributed by atoms with Gasteiger partial charge in [0.1, 0.15) is 5.82 Å². The molecule has 0 bridgehead atoms. The number of hydrogen-bond acceptors (Lipinski definition) is 6. The lowest BCUT2D eigenvalue weighted by Gasteiger charge is -2.38. The van der Waals surface area contributed by atoms with E-state index in [1.165, 1.54) is 12.1 Å². The van der Waals surface area contributed by atoms with E-state index < -0.39 is 27.9 Å². The third kappa shape index (κ3) is 5.11. The van der Waals surface area contributed by atoms with Crippen LogP contribution in [0.2, 0.25) is 0 Å². The summed E-state index contributed by atoms with van der Waals surface area (Å²) in [7, 11) is -1.78. The van der Waals surface area contributed by atoms with Crippen LogP contribution in [0.1, 0.15) is 19.3 Å². The van der Waals surface area contributed by atoms with Gasteiger partial charge in [-0.2, -0.15) is 0 Å². The first-order valence-corrected chi connectivity index (χ1v) is 12.5. The molecule has 2 amide bonds. The SMILES string of the molecule is CN1CCN(C(=O)CCC2CNC(=O)C3CC(NS(=O)(=O)c4ccc(F)cc4)CN23)CC1. The van der Waals surface area contributed by atoms with Crippen LogP contribution in [0, 0.1) is 5.82 Å². The van der Waals surface area contributed by atoms with Crippen molar-refractivity contribution in [1.29, 1.82) is 0 Å². The minimum absolute atomic E-state index is 0.0115. The summed E-state index contributed by atoms with van der Waals surface area (Å²) in [6, 6.07) is 3.78. The van der Waals surface area contributed by atoms with E-state index in [0.29, 0.717) is 32.4 Å². The van der Waals surface area contributed by atoms with Gasteiger partial charge in [-0.3, -0.25) is 14.5 Å². The molecule has 2 N–H and O–H groups in total. The number of amides is 2. The van der Waals surface area contributed by atoms with Crippen LogP contribution < -0.4 is 10.0 Å². The fourth-order valence-corrected chi connectivity index (χ4v) is 5.97. The van der Waals surface area contributed by atoms with Gasteiger partial charge in [0.2, 0.25) is 21.8 Å². The Morgan fingerprint density at radius 3 is 2.56 bits per heavy atom. The third-order valence-corrected chi connectivity index (χ3v) is 8.15. The third-order valence-electron chi connectivity index (χ3n) is 6.62. The van der Waals surface area contributed by atoms with Crippen molar-refractivity contribution < 1.29 is 22.4 Å². The van der Waals surface area contributed by atoms with Gasteiger partial charge in [-0.05, 0) is 44.2 Å². The molecule has 3 saturated heterocycles. The standard InChI is InChI=1S/C21H30FN5O4S/c1-25-8-10-26(11-9-25)20(28)7-4-17-13-23-21(29)19-12-16(14-27(17)19)24-32(30,31)18-5-2-15(22)3-6-18/h2-3,5-6,16-17,19,24H,4,7-14H2,1H3,(H,23,29). The molecule has 0 aliphatic carbocycles. The quantitative estimate of drug-likeness (QED) is 0.590. The predicted octanol–water partition coefficient (Wildman–Crippen LogP) is -0.400. The summed E-state index contributed by atoms with van der Waals surface area (Å²) in [5, 5.41) is 2.90. The summed E-state index contributed by atoms with van der Waals surface area (Å²) >= 11 is 0. The van der Waals surface area contributed by atoms with Crippen LogP contribution in [0.5, 0.6) is 0 Å². The van der Waals surface area contributed by atoms with Crippen LogP contribution >= 0.6 is 0 Å². The van der Waals surface area contributed by atoms with Gasteiger partial charge in [0.05, 0.1) is 10.9 Å². The molecule has 9 nitrogen and oxygen atoms in total. The maximum absolute atomic E-state index is 13.1. The molecule has 3 aliphatic heterocycles. The van der Waals surface area contributed by atoms with Crippen molar-refractivity contribution in [1.82, 2.24) is 24.7 Å². The maximum atomic E-state index is 13.1. The van der Waals surface area contributed by atoms with Gasteiger partial charge in [-0.15, -0.1) is 0 Å². The van der Waals surface area contributed by atoms with Crippen molar-refractivity contribution in [2.45, 2.75) is 42.3 Å². The van der Waals surface area contributed by atoms with Gasteiger partial charge >= 0.3 is 0 Å². The molecule has 4 rings (SSSR count). The first-order valence-electron chi connectivity index (χ1n) is 11.0. The van der Waals surface area contributed by atoms with E-state index in [-0.39, 0.29) is 22.8 Å². The van der Waals surface area contributed by atoms with E-state index >= 15 is 0 Å². The molecule has 0 spiro atoms. The van der Waals surface area contributed by atoms with Crippen molar-refractivity contribution in [2.75, 3.05) is 46.3 Å². The van der Waals surface area contributed by atoms with E-state index in [9.17, 15) is 22.4 Å². The van der Waals surface area contributed by atoms with E-state index in [1.807, 2.05) is 16.8 Å². The van der Waals surface area contributed by atoms with Gasteiger partial charge in [-0.1, -0.05) is 0 Å². The summed E-state index contributed by atoms with van der Waals surface area (Å²) in [5.41, 5.74) is 0. The molecule has 1 aromatic carbocycles. The summed E-state index contributed by atoms with van der Waals surface area (Å²) in [6.07, 6.45) is 1.37. The lowest BCUT2D eigenvalue weighted by atomic mass is 10.0. The van der Waals surface area contributed by atoms with Crippen molar-refractivity contribution in [3.8, 4) is 0 Å². The van der Waals surface area contributed by atoms with Crippen LogP contribution in [0.25, 0.3) is 0 Å². The van der Waals surface area contributed by atoms with Gasteiger partial charge in [0.25, 0.3) is 0 Å². The summed E-state index contributed by atoms with van der Waals surface area (Å²) in [6.45, 7) is 4.05. The maximum Gasteiger partial charge on any atom is 0.240 e. The van der Waals surface area contributed by atoms with E-state index in [2.05, 4.69) is 14.9 Å². The Kier molecular flexibility index (Phi) is 6.80. The number of carbonyl (C=O) groups excluding carboxylic acids is 2. The van der Waals surface area contributed by atoms with E-state index in [1.54, 1.807) is 0 Å². The average molecular weight is 468 g/mol. The lowest BCUT2D eigenvalue weighted by Crippen LogP contribution is -2.58. The van der Waals surface area contributed by atoms with Crippen molar-refractivity contribution in [3.05, 3.63) is 30.1 Å². The normalized spacial score (nSPS) is 27.2. The highest BCUT2D eigenvalue weighted by molar-refractivity contribution is 7.89. The van der Waals surface area contributed by atoms with Crippen molar-refractivity contribution in [2.24, 2.45) is 0 Å². The molecule has 3 heterocycles. The van der Waals surface area contributed by atoms with Gasteiger partial charge in [0, 0.05) is 57.8 Å². The van der Waals surface area contributed by atoms with Gasteiger partial charge in [0.15, 0.2) is 0 Å². The second kappa shape index (κ2) is 9.42. The Labute approximate surface area is 188 Å². The highest BCUT2D eigenvalue weighted by atomic mass is 32.2. The van der Waals surface area contributed by atoms with Gasteiger partial charge < -0.3 is 15.1 Å². The number of sulfonamides is 1. The molecule has 32 heavy (non-hydrogen) atoms. The van der Waals surface area contributed by atoms with Gasteiger partial charge in [-0.25, -0.2) is 17.5 Å². The Morgan fingerprint density at radius 1 is 1.19 bits per heavy atom. The van der Waals surface area contributed by atoms with Crippen molar-refractivity contribution >= 4 is 21.8 Å². The molecule has 3 fully saturated rings. The number of piperazine rings is 2. The monoisotopic (exact) mass is 467 g/mol. The minimum atomic E-state index is -3.82. The zero-order valence-corrected chi connectivity index (χ0v) is 19.0. The van der Waals surface area contributed by atoms with Crippen LogP contribution in [0.15, 0.2) is 29.2 Å². The van der Waals surface area contributed by atoms with Crippen LogP contribution in [0.3, 0.4) is 0 Å². The molecule has 176 valence electrons. The Morgan fingerprint density at radius 2 is 1.88 bits per heavy atom. The number of carbonyl (C=O) groups is 2. The lowest BCUT2D eigenvalue weighted by molar-refractivity contribution is -0.133. The predicted molar refractivity (Wildman–Crippen MR) is 116 cm³/mol. The van der Waals surface area contributed by atoms with Crippen molar-refractivity contribution in [3.63, 3.8) is 0 Å². The number of likely N-dealkylation sites (N-methyl/N-ethyl adjacent to an activating group) is 1. The fourth-order valence-electron chi connectivity index (χ4n) is 4.73. The second-order valence-corrected chi connectivity index (χ2v) is 10.6. The molecule has 3 aliphatic rings. The molecule has 0 aromatic heterocycles. The number of rotatable bonds is 6. The Balaban J connectivity index is 1.36. The number of nitrogens with zero attached hydrogens (tertiary/aromatic N) is 3. The highest BCUT2D eigenvalue weighted by Crippen LogP contribution is 2.27. The van der Waals surface area contributed by atoms with Crippen LogP contribution in [-0.4, -0.2) is 99.4 Å². The Hall–Kier alpha value is -2.08. The van der Waals surface area contributed by atoms with E-state index in [0.717, 1.165) is 38.3 Å². The smallest absolute Gasteiger partial charge is 0.240 e. The second-order valence-electron chi connectivity index (χ2n) is 8.84. The number of hydrogen-bond donors (Lipinski definition) is 2. The molecular weight excluding hydrogens is 437 g/mol. The number of benzene rings is 1. The molecule has 0 saturated carbocycles.